The number of aromatic hydroxyl groups is 1. The van der Waals surface area contributed by atoms with Gasteiger partial charge < -0.3 is 9.84 Å². The van der Waals surface area contributed by atoms with Gasteiger partial charge in [0.2, 0.25) is 5.88 Å². The summed E-state index contributed by atoms with van der Waals surface area (Å²) in [5.74, 6) is -1.05. The number of nitro groups is 2. The zero-order chi connectivity index (χ0) is 37.4. The quantitative estimate of drug-likeness (QED) is 0.0910. The summed E-state index contributed by atoms with van der Waals surface area (Å²) in [6, 6.07) is 10.9. The van der Waals surface area contributed by atoms with Crippen molar-refractivity contribution in [3.8, 4) is 29.5 Å². The second-order valence-corrected chi connectivity index (χ2v) is 10.2. The van der Waals surface area contributed by atoms with Crippen molar-refractivity contribution in [3.05, 3.63) is 118 Å². The number of phenols is 1. The molecular formula is C28H15Cl3F6N6O6. The predicted octanol–water partition coefficient (Wildman–Crippen LogP) is 9.52. The Morgan fingerprint density at radius 2 is 1.20 bits per heavy atom. The van der Waals surface area contributed by atoms with E-state index in [0.29, 0.717) is 12.1 Å². The van der Waals surface area contributed by atoms with Gasteiger partial charge in [-0.25, -0.2) is 9.97 Å². The van der Waals surface area contributed by atoms with Crippen LogP contribution in [0.4, 0.5) is 37.7 Å². The number of phenolic OH excluding ortho intramolecular Hbond substituents is 1. The SMILES string of the molecule is Cc1nc(Cl)c(C#N)cc1[N+](=O)[O-].Cc1nc(Oc2ccc(Cl)c(C(F)(F)F)c2)c(C#N)cc1[N+](=O)[O-].Oc1ccc(Cl)c(C(F)(F)F)c1. The number of pyridine rings is 2. The molecule has 0 bridgehead atoms. The Hall–Kier alpha value is -5.43. The molecule has 0 radical (unpaired) electrons. The standard InChI is InChI=1S/C14H7ClF3N3O3.C7H4ClF3O.C7H4ClN3O2/c1-7-12(21(22)23)4-8(6-19)13(20-7)24-9-2-3-11(15)10(5-9)14(16,17)18;8-6-2-1-4(12)3-5(6)7(9,10)11;1-4-6(11(12)13)2-5(3-9)7(8)10-4/h2-5H,1H3;1-3,12H;2H,1H3. The van der Waals surface area contributed by atoms with Crippen LogP contribution in [0.25, 0.3) is 0 Å². The van der Waals surface area contributed by atoms with Crippen LogP contribution >= 0.6 is 34.8 Å². The Labute approximate surface area is 285 Å². The summed E-state index contributed by atoms with van der Waals surface area (Å²) in [7, 11) is 0. The van der Waals surface area contributed by atoms with Gasteiger partial charge in [0.05, 0.1) is 36.6 Å². The number of hydrogen-bond donors (Lipinski definition) is 1. The number of halogens is 9. The Bertz CT molecular complexity index is 2000. The van der Waals surface area contributed by atoms with Crippen LogP contribution in [-0.4, -0.2) is 24.9 Å². The fraction of sp³-hybridized carbons (Fsp3) is 0.143. The van der Waals surface area contributed by atoms with Gasteiger partial charge in [0, 0.05) is 12.1 Å². The van der Waals surface area contributed by atoms with E-state index < -0.39 is 54.8 Å². The number of ether oxygens (including phenoxy) is 1. The number of nitriles is 2. The number of aromatic nitrogens is 2. The molecule has 4 aromatic rings. The first kappa shape index (κ1) is 39.7. The zero-order valence-corrected chi connectivity index (χ0v) is 26.5. The maximum atomic E-state index is 12.8. The lowest BCUT2D eigenvalue weighted by Crippen LogP contribution is -2.06. The third-order valence-corrected chi connectivity index (χ3v) is 6.59. The van der Waals surface area contributed by atoms with Crippen LogP contribution in [0, 0.1) is 56.7 Å². The molecule has 0 amide bonds. The lowest BCUT2D eigenvalue weighted by molar-refractivity contribution is -0.385. The molecule has 2 aromatic carbocycles. The Balaban J connectivity index is 0.000000281. The smallest absolute Gasteiger partial charge is 0.417 e. The molecule has 0 saturated carbocycles. The van der Waals surface area contributed by atoms with E-state index in [2.05, 4.69) is 9.97 Å². The monoisotopic (exact) mass is 750 g/mol. The molecule has 2 aromatic heterocycles. The molecule has 0 spiro atoms. The van der Waals surface area contributed by atoms with Gasteiger partial charge in [-0.1, -0.05) is 34.8 Å². The maximum Gasteiger partial charge on any atom is 0.417 e. The molecule has 2 heterocycles. The molecule has 0 aliphatic heterocycles. The van der Waals surface area contributed by atoms with Gasteiger partial charge in [0.15, 0.2) is 0 Å². The van der Waals surface area contributed by atoms with Crippen molar-refractivity contribution in [1.29, 1.82) is 10.5 Å². The van der Waals surface area contributed by atoms with Crippen LogP contribution in [0.1, 0.15) is 33.6 Å². The van der Waals surface area contributed by atoms with Gasteiger partial charge in [0.25, 0.3) is 11.4 Å². The topological polar surface area (TPSA) is 189 Å². The molecule has 1 N–H and O–H groups in total. The average molecular weight is 752 g/mol. The second-order valence-electron chi connectivity index (χ2n) is 9.02. The molecule has 0 fully saturated rings. The van der Waals surface area contributed by atoms with Gasteiger partial charge in [-0.3, -0.25) is 20.2 Å². The number of hydrogen-bond acceptors (Lipinski definition) is 10. The molecule has 0 unspecified atom stereocenters. The molecule has 0 aliphatic carbocycles. The van der Waals surface area contributed by atoms with E-state index in [1.807, 2.05) is 0 Å². The highest BCUT2D eigenvalue weighted by Gasteiger charge is 2.34. The van der Waals surface area contributed by atoms with Gasteiger partial charge in [-0.2, -0.15) is 36.9 Å². The van der Waals surface area contributed by atoms with Crippen molar-refractivity contribution >= 4 is 46.2 Å². The minimum Gasteiger partial charge on any atom is -0.508 e. The van der Waals surface area contributed by atoms with Crippen molar-refractivity contribution in [2.45, 2.75) is 26.2 Å². The van der Waals surface area contributed by atoms with Crippen LogP contribution in [0.3, 0.4) is 0 Å². The minimum absolute atomic E-state index is 0.00870. The van der Waals surface area contributed by atoms with Crippen molar-refractivity contribution in [2.75, 3.05) is 0 Å². The fourth-order valence-corrected chi connectivity index (χ4v) is 4.04. The lowest BCUT2D eigenvalue weighted by Gasteiger charge is -2.12. The number of nitrogens with zero attached hydrogens (tertiary/aromatic N) is 6. The van der Waals surface area contributed by atoms with Crippen molar-refractivity contribution in [3.63, 3.8) is 0 Å². The van der Waals surface area contributed by atoms with Crippen LogP contribution in [0.2, 0.25) is 15.2 Å². The highest BCUT2D eigenvalue weighted by Crippen LogP contribution is 2.39. The van der Waals surface area contributed by atoms with E-state index in [-0.39, 0.29) is 45.0 Å². The molecule has 0 saturated heterocycles. The zero-order valence-electron chi connectivity index (χ0n) is 24.2. The van der Waals surface area contributed by atoms with Crippen LogP contribution < -0.4 is 4.74 Å². The third kappa shape index (κ3) is 10.8. The summed E-state index contributed by atoms with van der Waals surface area (Å²) in [4.78, 5) is 27.4. The third-order valence-electron chi connectivity index (χ3n) is 5.64. The van der Waals surface area contributed by atoms with Gasteiger partial charge in [0.1, 0.15) is 45.7 Å². The highest BCUT2D eigenvalue weighted by molar-refractivity contribution is 6.32. The van der Waals surface area contributed by atoms with Crippen molar-refractivity contribution in [1.82, 2.24) is 9.97 Å². The summed E-state index contributed by atoms with van der Waals surface area (Å²) in [6.07, 6.45) is -9.21. The molecule has 256 valence electrons. The summed E-state index contributed by atoms with van der Waals surface area (Å²) in [5, 5.41) is 46.6. The fourth-order valence-electron chi connectivity index (χ4n) is 3.37. The van der Waals surface area contributed by atoms with Crippen molar-refractivity contribution in [2.24, 2.45) is 0 Å². The van der Waals surface area contributed by atoms with Crippen LogP contribution in [0.5, 0.6) is 17.4 Å². The van der Waals surface area contributed by atoms with E-state index >= 15 is 0 Å². The number of rotatable bonds is 4. The van der Waals surface area contributed by atoms with Gasteiger partial charge >= 0.3 is 12.4 Å². The summed E-state index contributed by atoms with van der Waals surface area (Å²) >= 11 is 16.3. The molecular weight excluding hydrogens is 737 g/mol. The summed E-state index contributed by atoms with van der Waals surface area (Å²) in [5.41, 5.74) is -2.84. The summed E-state index contributed by atoms with van der Waals surface area (Å²) in [6.45, 7) is 2.78. The van der Waals surface area contributed by atoms with E-state index in [1.54, 1.807) is 12.1 Å². The molecule has 12 nitrogen and oxygen atoms in total. The first-order valence-corrected chi connectivity index (χ1v) is 13.6. The van der Waals surface area contributed by atoms with Crippen molar-refractivity contribution < 1.29 is 46.0 Å². The molecule has 21 heteroatoms. The largest absolute Gasteiger partial charge is 0.508 e. The molecule has 49 heavy (non-hydrogen) atoms. The van der Waals surface area contributed by atoms with Gasteiger partial charge in [-0.05, 0) is 50.2 Å². The minimum atomic E-state index is -4.69. The molecule has 0 atom stereocenters. The number of aryl methyl sites for hydroxylation is 2. The lowest BCUT2D eigenvalue weighted by atomic mass is 10.2. The first-order chi connectivity index (χ1) is 22.6. The first-order valence-electron chi connectivity index (χ1n) is 12.5. The Kier molecular flexibility index (Phi) is 13.1. The Morgan fingerprint density at radius 3 is 1.65 bits per heavy atom. The second kappa shape index (κ2) is 16.1. The molecule has 0 aliphatic rings. The molecule has 4 rings (SSSR count). The van der Waals surface area contributed by atoms with Crippen LogP contribution in [0.15, 0.2) is 48.5 Å². The highest BCUT2D eigenvalue weighted by atomic mass is 35.5. The number of alkyl halides is 6. The maximum absolute atomic E-state index is 12.8. The normalized spacial score (nSPS) is 10.7. The van der Waals surface area contributed by atoms with E-state index in [9.17, 15) is 46.6 Å². The van der Waals surface area contributed by atoms with Gasteiger partial charge in [-0.15, -0.1) is 0 Å². The predicted molar refractivity (Wildman–Crippen MR) is 160 cm³/mol. The number of benzene rings is 2. The Morgan fingerprint density at radius 1 is 0.755 bits per heavy atom. The average Bonchev–Trinajstić information content (AvgIpc) is 2.99. The van der Waals surface area contributed by atoms with E-state index in [0.717, 1.165) is 36.4 Å². The summed E-state index contributed by atoms with van der Waals surface area (Å²) < 4.78 is 79.8. The van der Waals surface area contributed by atoms with E-state index in [4.69, 9.17) is 55.2 Å². The van der Waals surface area contributed by atoms with Crippen LogP contribution in [-0.2, 0) is 12.4 Å². The van der Waals surface area contributed by atoms with E-state index in [1.165, 1.54) is 13.8 Å².